The van der Waals surface area contributed by atoms with Crippen LogP contribution in [-0.4, -0.2) is 21.5 Å². The number of nitrogens with one attached hydrogen (secondary N) is 1. The predicted molar refractivity (Wildman–Crippen MR) is 73.4 cm³/mol. The normalized spacial score (nSPS) is 10.8. The number of hydrogen-bond acceptors (Lipinski definition) is 3. The maximum atomic E-state index is 6.13. The molecule has 0 radical (unpaired) electrons. The van der Waals surface area contributed by atoms with Crippen LogP contribution in [0, 0.1) is 0 Å². The fraction of sp³-hybridized carbons (Fsp3) is 0.333. The minimum absolute atomic E-state index is 0.483. The van der Waals surface area contributed by atoms with Crippen molar-refractivity contribution in [1.82, 2.24) is 20.3 Å². The second-order valence-corrected chi connectivity index (χ2v) is 4.69. The van der Waals surface area contributed by atoms with E-state index in [1.807, 2.05) is 18.3 Å². The zero-order chi connectivity index (χ0) is 13.0. The molecule has 2 rings (SSSR count). The van der Waals surface area contributed by atoms with Gasteiger partial charge in [0.15, 0.2) is 0 Å². The van der Waals surface area contributed by atoms with Crippen molar-refractivity contribution in [3.8, 4) is 5.69 Å². The van der Waals surface area contributed by atoms with Gasteiger partial charge in [-0.15, -0.1) is 5.10 Å². The van der Waals surface area contributed by atoms with E-state index in [0.29, 0.717) is 16.6 Å². The van der Waals surface area contributed by atoms with E-state index in [0.717, 1.165) is 24.3 Å². The molecule has 0 bridgehead atoms. The number of rotatable bonds is 5. The third-order valence-electron chi connectivity index (χ3n) is 2.45. The molecule has 0 unspecified atom stereocenters. The lowest BCUT2D eigenvalue weighted by molar-refractivity contribution is 0.662. The van der Waals surface area contributed by atoms with Crippen LogP contribution in [0.15, 0.2) is 24.4 Å². The maximum Gasteiger partial charge on any atom is 0.0969 e. The monoisotopic (exact) mass is 284 g/mol. The van der Waals surface area contributed by atoms with E-state index in [2.05, 4.69) is 22.6 Å². The summed E-state index contributed by atoms with van der Waals surface area (Å²) in [5.74, 6) is 0. The number of nitrogens with zero attached hydrogens (tertiary/aromatic N) is 3. The molecule has 1 aromatic carbocycles. The van der Waals surface area contributed by atoms with Gasteiger partial charge in [-0.3, -0.25) is 0 Å². The van der Waals surface area contributed by atoms with Crippen LogP contribution in [0.25, 0.3) is 5.69 Å². The van der Waals surface area contributed by atoms with Crippen LogP contribution in [0.2, 0.25) is 10.0 Å². The summed E-state index contributed by atoms with van der Waals surface area (Å²) in [5, 5.41) is 12.4. The van der Waals surface area contributed by atoms with E-state index in [1.54, 1.807) is 10.7 Å². The third kappa shape index (κ3) is 3.02. The fourth-order valence-electron chi connectivity index (χ4n) is 1.56. The Labute approximate surface area is 116 Å². The van der Waals surface area contributed by atoms with Crippen LogP contribution in [0.4, 0.5) is 0 Å². The number of aromatic nitrogens is 3. The van der Waals surface area contributed by atoms with Gasteiger partial charge in [0, 0.05) is 6.54 Å². The van der Waals surface area contributed by atoms with Gasteiger partial charge in [0.1, 0.15) is 0 Å². The molecule has 0 saturated carbocycles. The highest BCUT2D eigenvalue weighted by molar-refractivity contribution is 6.43. The first-order chi connectivity index (χ1) is 8.72. The Morgan fingerprint density at radius 1 is 1.33 bits per heavy atom. The van der Waals surface area contributed by atoms with Crippen LogP contribution in [0.3, 0.4) is 0 Å². The van der Waals surface area contributed by atoms with Crippen molar-refractivity contribution in [2.75, 3.05) is 6.54 Å². The Hall–Kier alpha value is -1.10. The lowest BCUT2D eigenvalue weighted by Crippen LogP contribution is -2.13. The van der Waals surface area contributed by atoms with Crippen LogP contribution in [-0.2, 0) is 6.54 Å². The van der Waals surface area contributed by atoms with E-state index < -0.39 is 0 Å². The third-order valence-corrected chi connectivity index (χ3v) is 3.26. The van der Waals surface area contributed by atoms with Gasteiger partial charge in [-0.2, -0.15) is 0 Å². The first kappa shape index (κ1) is 13.3. The molecular weight excluding hydrogens is 271 g/mol. The van der Waals surface area contributed by atoms with E-state index >= 15 is 0 Å². The lowest BCUT2D eigenvalue weighted by Gasteiger charge is -2.03. The molecule has 1 N–H and O–H groups in total. The molecule has 0 saturated heterocycles. The highest BCUT2D eigenvalue weighted by atomic mass is 35.5. The smallest absolute Gasteiger partial charge is 0.0969 e. The maximum absolute atomic E-state index is 6.13. The average molecular weight is 285 g/mol. The summed E-state index contributed by atoms with van der Waals surface area (Å²) in [6.07, 6.45) is 2.94. The SMILES string of the molecule is CCCNCc1cn(-c2cccc(Cl)c2Cl)nn1. The van der Waals surface area contributed by atoms with Crippen LogP contribution in [0.1, 0.15) is 19.0 Å². The number of hydrogen-bond donors (Lipinski definition) is 1. The quantitative estimate of drug-likeness (QED) is 0.858. The van der Waals surface area contributed by atoms with Gasteiger partial charge in [0.05, 0.1) is 27.6 Å². The molecule has 0 amide bonds. The van der Waals surface area contributed by atoms with Gasteiger partial charge < -0.3 is 5.32 Å². The second-order valence-electron chi connectivity index (χ2n) is 3.90. The molecule has 0 fully saturated rings. The van der Waals surface area contributed by atoms with Gasteiger partial charge >= 0.3 is 0 Å². The Morgan fingerprint density at radius 3 is 2.94 bits per heavy atom. The van der Waals surface area contributed by atoms with Crippen LogP contribution >= 0.6 is 23.2 Å². The summed E-state index contributed by atoms with van der Waals surface area (Å²) in [7, 11) is 0. The first-order valence-electron chi connectivity index (χ1n) is 5.78. The van der Waals surface area contributed by atoms with E-state index in [4.69, 9.17) is 23.2 Å². The van der Waals surface area contributed by atoms with Crippen LogP contribution < -0.4 is 5.32 Å². The molecule has 6 heteroatoms. The summed E-state index contributed by atoms with van der Waals surface area (Å²) in [5.41, 5.74) is 1.61. The molecule has 1 aromatic heterocycles. The minimum atomic E-state index is 0.483. The largest absolute Gasteiger partial charge is 0.311 e. The van der Waals surface area contributed by atoms with Crippen molar-refractivity contribution < 1.29 is 0 Å². The van der Waals surface area contributed by atoms with Gasteiger partial charge in [-0.25, -0.2) is 4.68 Å². The number of benzene rings is 1. The van der Waals surface area contributed by atoms with Crippen molar-refractivity contribution in [2.24, 2.45) is 0 Å². The highest BCUT2D eigenvalue weighted by Crippen LogP contribution is 2.27. The summed E-state index contributed by atoms with van der Waals surface area (Å²) in [4.78, 5) is 0. The van der Waals surface area contributed by atoms with Crippen molar-refractivity contribution in [1.29, 1.82) is 0 Å². The van der Waals surface area contributed by atoms with Crippen molar-refractivity contribution in [3.63, 3.8) is 0 Å². The van der Waals surface area contributed by atoms with Crippen LogP contribution in [0.5, 0.6) is 0 Å². The zero-order valence-electron chi connectivity index (χ0n) is 10.0. The zero-order valence-corrected chi connectivity index (χ0v) is 11.5. The molecule has 0 atom stereocenters. The molecule has 0 aliphatic rings. The first-order valence-corrected chi connectivity index (χ1v) is 6.54. The second kappa shape index (κ2) is 6.18. The summed E-state index contributed by atoms with van der Waals surface area (Å²) in [6, 6.07) is 5.43. The summed E-state index contributed by atoms with van der Waals surface area (Å²) < 4.78 is 1.64. The Balaban J connectivity index is 2.16. The minimum Gasteiger partial charge on any atom is -0.311 e. The van der Waals surface area contributed by atoms with E-state index in [1.165, 1.54) is 0 Å². The Kier molecular flexibility index (Phi) is 4.58. The van der Waals surface area contributed by atoms with Gasteiger partial charge in [-0.1, -0.05) is 41.4 Å². The molecule has 1 heterocycles. The highest BCUT2D eigenvalue weighted by Gasteiger charge is 2.08. The molecular formula is C12H14Cl2N4. The van der Waals surface area contributed by atoms with E-state index in [-0.39, 0.29) is 0 Å². The molecule has 0 aliphatic heterocycles. The topological polar surface area (TPSA) is 42.7 Å². The molecule has 2 aromatic rings. The summed E-state index contributed by atoms with van der Waals surface area (Å²) in [6.45, 7) is 3.78. The van der Waals surface area contributed by atoms with Crippen molar-refractivity contribution in [2.45, 2.75) is 19.9 Å². The number of halogens is 2. The lowest BCUT2D eigenvalue weighted by atomic mass is 10.3. The molecule has 18 heavy (non-hydrogen) atoms. The predicted octanol–water partition coefficient (Wildman–Crippen LogP) is 3.07. The Bertz CT molecular complexity index is 525. The van der Waals surface area contributed by atoms with Gasteiger partial charge in [-0.05, 0) is 25.1 Å². The van der Waals surface area contributed by atoms with Gasteiger partial charge in [0.2, 0.25) is 0 Å². The fourth-order valence-corrected chi connectivity index (χ4v) is 1.94. The van der Waals surface area contributed by atoms with Gasteiger partial charge in [0.25, 0.3) is 0 Å². The average Bonchev–Trinajstić information content (AvgIpc) is 2.82. The molecule has 0 aliphatic carbocycles. The molecule has 0 spiro atoms. The Morgan fingerprint density at radius 2 is 2.17 bits per heavy atom. The molecule has 96 valence electrons. The van der Waals surface area contributed by atoms with Crippen molar-refractivity contribution >= 4 is 23.2 Å². The molecule has 4 nitrogen and oxygen atoms in total. The van der Waals surface area contributed by atoms with E-state index in [9.17, 15) is 0 Å². The standard InChI is InChI=1S/C12H14Cl2N4/c1-2-6-15-7-9-8-18(17-16-9)11-5-3-4-10(13)12(11)14/h3-5,8,15H,2,6-7H2,1H3. The summed E-state index contributed by atoms with van der Waals surface area (Å²) >= 11 is 12.1. The van der Waals surface area contributed by atoms with Crippen molar-refractivity contribution in [3.05, 3.63) is 40.1 Å².